The maximum atomic E-state index is 4.22. The normalized spacial score (nSPS) is 33.3. The van der Waals surface area contributed by atoms with Crippen LogP contribution in [0.25, 0.3) is 0 Å². The number of hydrogen-bond acceptors (Lipinski definition) is 2. The van der Waals surface area contributed by atoms with E-state index in [0.29, 0.717) is 0 Å². The molecule has 1 aromatic heterocycles. The molecule has 3 rings (SSSR count). The zero-order valence-electron chi connectivity index (χ0n) is 9.24. The molecular weight excluding hydrogens is 184 g/mol. The van der Waals surface area contributed by atoms with Gasteiger partial charge < -0.3 is 5.32 Å². The third kappa shape index (κ3) is 1.73. The Kier molecular flexibility index (Phi) is 2.15. The Bertz CT molecular complexity index is 361. The number of aromatic nitrogens is 1. The molecule has 0 radical (unpaired) electrons. The second-order valence-electron chi connectivity index (χ2n) is 5.11. The number of rotatable bonds is 2. The summed E-state index contributed by atoms with van der Waals surface area (Å²) >= 11 is 0. The minimum atomic E-state index is 0.727. The molecule has 0 amide bonds. The van der Waals surface area contributed by atoms with Crippen molar-refractivity contribution in [3.05, 3.63) is 24.0 Å². The molecule has 0 spiro atoms. The van der Waals surface area contributed by atoms with Crippen LogP contribution in [0.2, 0.25) is 0 Å². The molecule has 2 saturated carbocycles. The third-order valence-electron chi connectivity index (χ3n) is 3.99. The van der Waals surface area contributed by atoms with Gasteiger partial charge in [-0.15, -0.1) is 0 Å². The highest BCUT2D eigenvalue weighted by Crippen LogP contribution is 2.45. The van der Waals surface area contributed by atoms with Gasteiger partial charge in [-0.25, -0.2) is 0 Å². The fourth-order valence-corrected chi connectivity index (χ4v) is 3.27. The van der Waals surface area contributed by atoms with Gasteiger partial charge in [0.15, 0.2) is 0 Å². The summed E-state index contributed by atoms with van der Waals surface area (Å²) in [5, 5.41) is 3.67. The number of nitrogens with one attached hydrogen (secondary N) is 1. The fraction of sp³-hybridized carbons (Fsp3) is 0.615. The molecule has 80 valence electrons. The predicted molar refractivity (Wildman–Crippen MR) is 61.8 cm³/mol. The molecule has 1 aromatic rings. The van der Waals surface area contributed by atoms with Gasteiger partial charge in [-0.1, -0.05) is 6.42 Å². The van der Waals surface area contributed by atoms with Gasteiger partial charge in [-0.05, 0) is 50.2 Å². The largest absolute Gasteiger partial charge is 0.382 e. The van der Waals surface area contributed by atoms with E-state index in [1.807, 2.05) is 13.1 Å². The lowest BCUT2D eigenvalue weighted by atomic mass is 9.95. The van der Waals surface area contributed by atoms with Crippen molar-refractivity contribution in [3.8, 4) is 0 Å². The third-order valence-corrected chi connectivity index (χ3v) is 3.99. The molecular formula is C13H18N2. The van der Waals surface area contributed by atoms with Crippen LogP contribution in [0.4, 0.5) is 5.69 Å². The Morgan fingerprint density at radius 1 is 1.33 bits per heavy atom. The van der Waals surface area contributed by atoms with Gasteiger partial charge in [-0.2, -0.15) is 0 Å². The van der Waals surface area contributed by atoms with Gasteiger partial charge in [0.05, 0.1) is 0 Å². The van der Waals surface area contributed by atoms with Crippen LogP contribution in [0, 0.1) is 18.8 Å². The summed E-state index contributed by atoms with van der Waals surface area (Å²) in [7, 11) is 0. The van der Waals surface area contributed by atoms with Gasteiger partial charge in [0.25, 0.3) is 0 Å². The molecule has 3 unspecified atom stereocenters. The molecule has 15 heavy (non-hydrogen) atoms. The molecule has 2 nitrogen and oxygen atoms in total. The first-order chi connectivity index (χ1) is 7.31. The van der Waals surface area contributed by atoms with E-state index in [2.05, 4.69) is 22.4 Å². The van der Waals surface area contributed by atoms with Crippen LogP contribution in [0.1, 0.15) is 31.4 Å². The Morgan fingerprint density at radius 3 is 2.93 bits per heavy atom. The summed E-state index contributed by atoms with van der Waals surface area (Å²) in [5.74, 6) is 1.94. The van der Waals surface area contributed by atoms with Gasteiger partial charge in [0.1, 0.15) is 0 Å². The Hall–Kier alpha value is -1.05. The lowest BCUT2D eigenvalue weighted by molar-refractivity contribution is 0.440. The van der Waals surface area contributed by atoms with E-state index in [-0.39, 0.29) is 0 Å². The Balaban J connectivity index is 1.71. The summed E-state index contributed by atoms with van der Waals surface area (Å²) in [4.78, 5) is 4.22. The first-order valence-corrected chi connectivity index (χ1v) is 6.00. The summed E-state index contributed by atoms with van der Waals surface area (Å²) in [6.45, 7) is 2.05. The van der Waals surface area contributed by atoms with Gasteiger partial charge in [0, 0.05) is 23.6 Å². The van der Waals surface area contributed by atoms with Crippen LogP contribution in [-0.4, -0.2) is 11.0 Å². The zero-order valence-corrected chi connectivity index (χ0v) is 9.24. The first-order valence-electron chi connectivity index (χ1n) is 6.00. The van der Waals surface area contributed by atoms with Crippen LogP contribution >= 0.6 is 0 Å². The minimum Gasteiger partial charge on any atom is -0.382 e. The van der Waals surface area contributed by atoms with Gasteiger partial charge in [0.2, 0.25) is 0 Å². The van der Waals surface area contributed by atoms with E-state index >= 15 is 0 Å². The van der Waals surface area contributed by atoms with Crippen molar-refractivity contribution < 1.29 is 0 Å². The molecule has 0 aliphatic heterocycles. The number of pyridine rings is 1. The monoisotopic (exact) mass is 202 g/mol. The fourth-order valence-electron chi connectivity index (χ4n) is 3.27. The number of nitrogens with zero attached hydrogens (tertiary/aromatic N) is 1. The molecule has 2 heteroatoms. The molecule has 0 aromatic carbocycles. The highest BCUT2D eigenvalue weighted by Gasteiger charge is 2.39. The maximum Gasteiger partial charge on any atom is 0.0393 e. The standard InChI is InChI=1S/C13H18N2/c1-9-6-12(4-5-14-9)15-13-8-10-2-3-11(13)7-10/h4-6,10-11,13H,2-3,7-8H2,1H3,(H,14,15). The second kappa shape index (κ2) is 3.51. The molecule has 1 N–H and O–H groups in total. The molecule has 2 aliphatic carbocycles. The Labute approximate surface area is 91.1 Å². The molecule has 0 saturated heterocycles. The summed E-state index contributed by atoms with van der Waals surface area (Å²) in [5.41, 5.74) is 2.35. The zero-order chi connectivity index (χ0) is 10.3. The highest BCUT2D eigenvalue weighted by atomic mass is 14.9. The quantitative estimate of drug-likeness (QED) is 0.797. The van der Waals surface area contributed by atoms with Gasteiger partial charge in [-0.3, -0.25) is 4.98 Å². The van der Waals surface area contributed by atoms with Gasteiger partial charge >= 0.3 is 0 Å². The van der Waals surface area contributed by atoms with Crippen LogP contribution < -0.4 is 5.32 Å². The number of aryl methyl sites for hydroxylation is 1. The van der Waals surface area contributed by atoms with Crippen LogP contribution in [0.5, 0.6) is 0 Å². The van der Waals surface area contributed by atoms with Crippen molar-refractivity contribution in [2.24, 2.45) is 11.8 Å². The SMILES string of the molecule is Cc1cc(NC2CC3CCC2C3)ccn1. The maximum absolute atomic E-state index is 4.22. The van der Waals surface area contributed by atoms with E-state index in [0.717, 1.165) is 23.6 Å². The average Bonchev–Trinajstić information content (AvgIpc) is 2.79. The molecule has 1 heterocycles. The van der Waals surface area contributed by atoms with E-state index in [4.69, 9.17) is 0 Å². The summed E-state index contributed by atoms with van der Waals surface area (Å²) < 4.78 is 0. The van der Waals surface area contributed by atoms with E-state index in [1.165, 1.54) is 31.4 Å². The smallest absolute Gasteiger partial charge is 0.0393 e. The Morgan fingerprint density at radius 2 is 2.27 bits per heavy atom. The first kappa shape index (κ1) is 9.20. The molecule has 2 bridgehead atoms. The molecule has 2 fully saturated rings. The topological polar surface area (TPSA) is 24.9 Å². The van der Waals surface area contributed by atoms with Crippen molar-refractivity contribution in [3.63, 3.8) is 0 Å². The van der Waals surface area contributed by atoms with Crippen molar-refractivity contribution in [1.29, 1.82) is 0 Å². The summed E-state index contributed by atoms with van der Waals surface area (Å²) in [6, 6.07) is 4.95. The van der Waals surface area contributed by atoms with Crippen LogP contribution in [0.15, 0.2) is 18.3 Å². The molecule has 3 atom stereocenters. The van der Waals surface area contributed by atoms with E-state index < -0.39 is 0 Å². The highest BCUT2D eigenvalue weighted by molar-refractivity contribution is 5.44. The number of hydrogen-bond donors (Lipinski definition) is 1. The van der Waals surface area contributed by atoms with Crippen molar-refractivity contribution in [2.75, 3.05) is 5.32 Å². The van der Waals surface area contributed by atoms with Crippen LogP contribution in [-0.2, 0) is 0 Å². The lowest BCUT2D eigenvalue weighted by Crippen LogP contribution is -2.25. The minimum absolute atomic E-state index is 0.727. The van der Waals surface area contributed by atoms with Crippen LogP contribution in [0.3, 0.4) is 0 Å². The van der Waals surface area contributed by atoms with E-state index in [1.54, 1.807) is 0 Å². The number of fused-ring (bicyclic) bond motifs is 2. The molecule has 2 aliphatic rings. The second-order valence-corrected chi connectivity index (χ2v) is 5.11. The van der Waals surface area contributed by atoms with Crippen molar-refractivity contribution in [2.45, 2.75) is 38.6 Å². The number of anilines is 1. The summed E-state index contributed by atoms with van der Waals surface area (Å²) in [6.07, 6.45) is 7.64. The average molecular weight is 202 g/mol. The van der Waals surface area contributed by atoms with Crippen molar-refractivity contribution >= 4 is 5.69 Å². The van der Waals surface area contributed by atoms with Crippen molar-refractivity contribution in [1.82, 2.24) is 4.98 Å². The predicted octanol–water partition coefficient (Wildman–Crippen LogP) is 2.99. The lowest BCUT2D eigenvalue weighted by Gasteiger charge is -2.24. The van der Waals surface area contributed by atoms with E-state index in [9.17, 15) is 0 Å².